The molecule has 0 aliphatic heterocycles. The molecular weight excluding hydrogens is 304 g/mol. The smallest absolute Gasteiger partial charge is 0.157 e. The molecule has 0 aliphatic rings. The lowest BCUT2D eigenvalue weighted by molar-refractivity contribution is 0.401. The Labute approximate surface area is 142 Å². The third kappa shape index (κ3) is 4.32. The van der Waals surface area contributed by atoms with E-state index >= 15 is 0 Å². The SMILES string of the molecule is COc1cc(/C=C\c2ccc(O)c(O)c2)cc(O)c1CC=C(C)C. The number of hydrogen-bond acceptors (Lipinski definition) is 4. The normalized spacial score (nSPS) is 10.8. The van der Waals surface area contributed by atoms with Crippen molar-refractivity contribution in [2.75, 3.05) is 7.11 Å². The molecule has 4 heteroatoms. The third-order valence-corrected chi connectivity index (χ3v) is 3.61. The number of methoxy groups -OCH3 is 1. The topological polar surface area (TPSA) is 69.9 Å². The molecule has 2 aromatic carbocycles. The van der Waals surface area contributed by atoms with E-state index in [2.05, 4.69) is 0 Å². The third-order valence-electron chi connectivity index (χ3n) is 3.61. The van der Waals surface area contributed by atoms with Crippen molar-refractivity contribution in [1.82, 2.24) is 0 Å². The number of allylic oxidation sites excluding steroid dienone is 2. The molecule has 0 aromatic heterocycles. The van der Waals surface area contributed by atoms with E-state index in [1.807, 2.05) is 26.0 Å². The Morgan fingerprint density at radius 1 is 0.917 bits per heavy atom. The van der Waals surface area contributed by atoms with Gasteiger partial charge in [0.15, 0.2) is 11.5 Å². The minimum Gasteiger partial charge on any atom is -0.507 e. The summed E-state index contributed by atoms with van der Waals surface area (Å²) >= 11 is 0. The predicted molar refractivity (Wildman–Crippen MR) is 96.5 cm³/mol. The molecule has 0 radical (unpaired) electrons. The van der Waals surface area contributed by atoms with E-state index in [1.165, 1.54) is 17.7 Å². The van der Waals surface area contributed by atoms with Crippen LogP contribution in [0.5, 0.6) is 23.0 Å². The average Bonchev–Trinajstić information content (AvgIpc) is 2.54. The van der Waals surface area contributed by atoms with Crippen LogP contribution in [0.1, 0.15) is 30.5 Å². The van der Waals surface area contributed by atoms with E-state index < -0.39 is 0 Å². The molecule has 0 aliphatic carbocycles. The Morgan fingerprint density at radius 2 is 1.58 bits per heavy atom. The number of benzene rings is 2. The van der Waals surface area contributed by atoms with E-state index in [-0.39, 0.29) is 17.2 Å². The zero-order valence-electron chi connectivity index (χ0n) is 14.1. The zero-order valence-corrected chi connectivity index (χ0v) is 14.1. The molecule has 0 saturated carbocycles. The Hall–Kier alpha value is -2.88. The zero-order chi connectivity index (χ0) is 17.7. The van der Waals surface area contributed by atoms with Crippen molar-refractivity contribution in [2.24, 2.45) is 0 Å². The lowest BCUT2D eigenvalue weighted by Crippen LogP contribution is -1.93. The summed E-state index contributed by atoms with van der Waals surface area (Å²) in [6.07, 6.45) is 6.22. The molecule has 0 atom stereocenters. The second-order valence-corrected chi connectivity index (χ2v) is 5.79. The van der Waals surface area contributed by atoms with Gasteiger partial charge < -0.3 is 20.1 Å². The molecule has 0 spiro atoms. The van der Waals surface area contributed by atoms with E-state index in [9.17, 15) is 15.3 Å². The maximum Gasteiger partial charge on any atom is 0.157 e. The fraction of sp³-hybridized carbons (Fsp3) is 0.200. The standard InChI is InChI=1S/C20H22O4/c1-13(2)4-8-16-18(22)11-15(12-20(16)24-3)6-5-14-7-9-17(21)19(23)10-14/h4-7,9-12,21-23H,8H2,1-3H3/b6-5-. The highest BCUT2D eigenvalue weighted by Gasteiger charge is 2.09. The molecule has 0 fully saturated rings. The van der Waals surface area contributed by atoms with Gasteiger partial charge in [-0.2, -0.15) is 0 Å². The fourth-order valence-corrected chi connectivity index (χ4v) is 2.28. The van der Waals surface area contributed by atoms with E-state index in [0.29, 0.717) is 12.2 Å². The van der Waals surface area contributed by atoms with Gasteiger partial charge in [0.2, 0.25) is 0 Å². The van der Waals surface area contributed by atoms with Crippen LogP contribution < -0.4 is 4.74 Å². The summed E-state index contributed by atoms with van der Waals surface area (Å²) in [5.41, 5.74) is 3.43. The first-order valence-corrected chi connectivity index (χ1v) is 7.64. The van der Waals surface area contributed by atoms with Crippen molar-refractivity contribution in [2.45, 2.75) is 20.3 Å². The quantitative estimate of drug-likeness (QED) is 0.430. The first-order valence-electron chi connectivity index (χ1n) is 7.64. The van der Waals surface area contributed by atoms with Gasteiger partial charge in [-0.05, 0) is 55.7 Å². The molecule has 0 unspecified atom stereocenters. The number of phenols is 3. The first kappa shape index (κ1) is 17.5. The van der Waals surface area contributed by atoms with Crippen LogP contribution in [0.4, 0.5) is 0 Å². The second kappa shape index (κ2) is 7.59. The summed E-state index contributed by atoms with van der Waals surface area (Å²) in [6.45, 7) is 4.02. The molecule has 126 valence electrons. The van der Waals surface area contributed by atoms with Gasteiger partial charge in [-0.1, -0.05) is 29.9 Å². The highest BCUT2D eigenvalue weighted by Crippen LogP contribution is 2.32. The molecule has 4 nitrogen and oxygen atoms in total. The van der Waals surface area contributed by atoms with Gasteiger partial charge in [0, 0.05) is 5.56 Å². The van der Waals surface area contributed by atoms with Crippen LogP contribution >= 0.6 is 0 Å². The maximum absolute atomic E-state index is 10.3. The highest BCUT2D eigenvalue weighted by molar-refractivity contribution is 5.72. The predicted octanol–water partition coefficient (Wildman–Crippen LogP) is 4.49. The minimum absolute atomic E-state index is 0.157. The van der Waals surface area contributed by atoms with Crippen LogP contribution in [-0.2, 0) is 6.42 Å². The number of rotatable bonds is 5. The van der Waals surface area contributed by atoms with Gasteiger partial charge in [0.25, 0.3) is 0 Å². The molecule has 2 aromatic rings. The summed E-state index contributed by atoms with van der Waals surface area (Å²) in [6, 6.07) is 8.10. The molecule has 2 rings (SSSR count). The van der Waals surface area contributed by atoms with Crippen LogP contribution in [0.25, 0.3) is 12.2 Å². The van der Waals surface area contributed by atoms with Gasteiger partial charge in [0.1, 0.15) is 11.5 Å². The summed E-state index contributed by atoms with van der Waals surface area (Å²) < 4.78 is 5.39. The summed E-state index contributed by atoms with van der Waals surface area (Å²) in [5.74, 6) is 0.477. The van der Waals surface area contributed by atoms with Crippen LogP contribution in [0.15, 0.2) is 42.0 Å². The first-order chi connectivity index (χ1) is 11.4. The van der Waals surface area contributed by atoms with Gasteiger partial charge >= 0.3 is 0 Å². The summed E-state index contributed by atoms with van der Waals surface area (Å²) in [5, 5.41) is 29.1. The lowest BCUT2D eigenvalue weighted by Gasteiger charge is -2.11. The maximum atomic E-state index is 10.3. The fourth-order valence-electron chi connectivity index (χ4n) is 2.28. The van der Waals surface area contributed by atoms with Crippen molar-refractivity contribution >= 4 is 12.2 Å². The Bertz CT molecular complexity index is 784. The van der Waals surface area contributed by atoms with E-state index in [4.69, 9.17) is 4.74 Å². The molecule has 3 N–H and O–H groups in total. The van der Waals surface area contributed by atoms with Crippen molar-refractivity contribution in [1.29, 1.82) is 0 Å². The van der Waals surface area contributed by atoms with Gasteiger partial charge in [-0.15, -0.1) is 0 Å². The number of aromatic hydroxyl groups is 3. The van der Waals surface area contributed by atoms with Crippen molar-refractivity contribution in [3.8, 4) is 23.0 Å². The summed E-state index contributed by atoms with van der Waals surface area (Å²) in [7, 11) is 1.58. The minimum atomic E-state index is -0.172. The van der Waals surface area contributed by atoms with Crippen LogP contribution in [0.2, 0.25) is 0 Å². The van der Waals surface area contributed by atoms with Gasteiger partial charge in [-0.25, -0.2) is 0 Å². The molecule has 0 amide bonds. The average molecular weight is 326 g/mol. The highest BCUT2D eigenvalue weighted by atomic mass is 16.5. The van der Waals surface area contributed by atoms with Crippen molar-refractivity contribution < 1.29 is 20.1 Å². The van der Waals surface area contributed by atoms with E-state index in [1.54, 1.807) is 31.4 Å². The number of hydrogen-bond donors (Lipinski definition) is 3. The van der Waals surface area contributed by atoms with Crippen LogP contribution in [0, 0.1) is 0 Å². The Balaban J connectivity index is 2.31. The number of phenolic OH excluding ortho intramolecular Hbond substituents is 3. The van der Waals surface area contributed by atoms with Crippen molar-refractivity contribution in [3.63, 3.8) is 0 Å². The molecule has 0 heterocycles. The molecule has 0 saturated heterocycles. The van der Waals surface area contributed by atoms with Gasteiger partial charge in [0.05, 0.1) is 7.11 Å². The Morgan fingerprint density at radius 3 is 2.21 bits per heavy atom. The molecule has 0 bridgehead atoms. The van der Waals surface area contributed by atoms with Crippen molar-refractivity contribution in [3.05, 3.63) is 58.7 Å². The number of ether oxygens (including phenoxy) is 1. The second-order valence-electron chi connectivity index (χ2n) is 5.79. The van der Waals surface area contributed by atoms with Gasteiger partial charge in [-0.3, -0.25) is 0 Å². The van der Waals surface area contributed by atoms with Crippen LogP contribution in [0.3, 0.4) is 0 Å². The molecular formula is C20H22O4. The Kier molecular flexibility index (Phi) is 5.53. The molecule has 24 heavy (non-hydrogen) atoms. The summed E-state index contributed by atoms with van der Waals surface area (Å²) in [4.78, 5) is 0. The largest absolute Gasteiger partial charge is 0.507 e. The van der Waals surface area contributed by atoms with E-state index in [0.717, 1.165) is 16.7 Å². The van der Waals surface area contributed by atoms with Crippen LogP contribution in [-0.4, -0.2) is 22.4 Å². The monoisotopic (exact) mass is 326 g/mol. The lowest BCUT2D eigenvalue weighted by atomic mass is 10.0.